The van der Waals surface area contributed by atoms with E-state index in [0.29, 0.717) is 18.8 Å². The van der Waals surface area contributed by atoms with Crippen LogP contribution in [0.15, 0.2) is 53.7 Å². The molecule has 1 heterocycles. The Bertz CT molecular complexity index is 978. The molecule has 2 aromatic rings. The van der Waals surface area contributed by atoms with Crippen LogP contribution in [0, 0.1) is 13.8 Å². The predicted octanol–water partition coefficient (Wildman–Crippen LogP) is 5.95. The van der Waals surface area contributed by atoms with E-state index >= 15 is 0 Å². The highest BCUT2D eigenvalue weighted by molar-refractivity contribution is 6.07. The third kappa shape index (κ3) is 3.66. The lowest BCUT2D eigenvalue weighted by Gasteiger charge is -2.38. The first-order valence-electron chi connectivity index (χ1n) is 10.6. The van der Waals surface area contributed by atoms with Gasteiger partial charge in [-0.25, -0.2) is 0 Å². The highest BCUT2D eigenvalue weighted by Crippen LogP contribution is 2.43. The highest BCUT2D eigenvalue weighted by atomic mass is 16.2. The van der Waals surface area contributed by atoms with Crippen LogP contribution in [0.3, 0.4) is 0 Å². The fraction of sp³-hybridized carbons (Fsp3) is 0.385. The van der Waals surface area contributed by atoms with E-state index in [9.17, 15) is 9.59 Å². The molecule has 0 saturated heterocycles. The molecule has 1 unspecified atom stereocenters. The van der Waals surface area contributed by atoms with Crippen LogP contribution in [0.25, 0.3) is 0 Å². The van der Waals surface area contributed by atoms with Crippen LogP contribution in [-0.4, -0.2) is 11.7 Å². The van der Waals surface area contributed by atoms with E-state index in [1.807, 2.05) is 30.9 Å². The number of anilines is 1. The van der Waals surface area contributed by atoms with Crippen molar-refractivity contribution < 1.29 is 9.59 Å². The zero-order valence-corrected chi connectivity index (χ0v) is 17.8. The number of carbonyl (C=O) groups excluding carboxylic acids is 2. The molecule has 0 aromatic heterocycles. The Labute approximate surface area is 173 Å². The van der Waals surface area contributed by atoms with Crippen molar-refractivity contribution in [2.45, 2.75) is 65.2 Å². The molecule has 150 valence electrons. The molecule has 4 rings (SSSR count). The summed E-state index contributed by atoms with van der Waals surface area (Å²) >= 11 is 0. The first-order chi connectivity index (χ1) is 13.8. The quantitative estimate of drug-likeness (QED) is 0.652. The van der Waals surface area contributed by atoms with Crippen molar-refractivity contribution in [1.82, 2.24) is 0 Å². The van der Waals surface area contributed by atoms with Gasteiger partial charge in [-0.05, 0) is 67.0 Å². The molecule has 1 atom stereocenters. The van der Waals surface area contributed by atoms with Crippen LogP contribution in [0.2, 0.25) is 0 Å². The number of allylic oxidation sites excluding steroid dienone is 2. The number of aryl methyl sites for hydroxylation is 2. The summed E-state index contributed by atoms with van der Waals surface area (Å²) in [6, 6.07) is 14.7. The van der Waals surface area contributed by atoms with Gasteiger partial charge >= 0.3 is 0 Å². The van der Waals surface area contributed by atoms with Crippen molar-refractivity contribution in [2.24, 2.45) is 0 Å². The minimum absolute atomic E-state index is 0.0846. The van der Waals surface area contributed by atoms with Gasteiger partial charge in [0.2, 0.25) is 5.91 Å². The summed E-state index contributed by atoms with van der Waals surface area (Å²) in [7, 11) is 0. The average Bonchev–Trinajstić information content (AvgIpc) is 2.66. The van der Waals surface area contributed by atoms with Gasteiger partial charge in [-0.2, -0.15) is 0 Å². The van der Waals surface area contributed by atoms with E-state index in [0.717, 1.165) is 46.5 Å². The Hall–Kier alpha value is -2.68. The lowest BCUT2D eigenvalue weighted by atomic mass is 9.77. The van der Waals surface area contributed by atoms with E-state index in [2.05, 4.69) is 44.2 Å². The van der Waals surface area contributed by atoms with E-state index < -0.39 is 0 Å². The van der Waals surface area contributed by atoms with E-state index in [1.54, 1.807) is 0 Å². The first kappa shape index (κ1) is 19.6. The second kappa shape index (κ2) is 7.62. The number of benzene rings is 2. The van der Waals surface area contributed by atoms with Gasteiger partial charge in [0, 0.05) is 35.7 Å². The summed E-state index contributed by atoms with van der Waals surface area (Å²) in [5.74, 6) is 0.615. The van der Waals surface area contributed by atoms with Crippen molar-refractivity contribution in [1.29, 1.82) is 0 Å². The first-order valence-corrected chi connectivity index (χ1v) is 10.6. The van der Waals surface area contributed by atoms with E-state index in [1.165, 1.54) is 5.56 Å². The molecule has 1 amide bonds. The molecule has 0 spiro atoms. The van der Waals surface area contributed by atoms with Crippen LogP contribution >= 0.6 is 0 Å². The fourth-order valence-corrected chi connectivity index (χ4v) is 4.77. The van der Waals surface area contributed by atoms with Crippen molar-refractivity contribution in [3.8, 4) is 0 Å². The molecular formula is C26H29NO2. The van der Waals surface area contributed by atoms with Crippen LogP contribution in [0.1, 0.15) is 73.6 Å². The second-order valence-electron chi connectivity index (χ2n) is 8.79. The molecule has 2 aliphatic rings. The largest absolute Gasteiger partial charge is 0.294 e. The number of hydrogen-bond acceptors (Lipinski definition) is 2. The zero-order chi connectivity index (χ0) is 20.7. The highest BCUT2D eigenvalue weighted by Gasteiger charge is 2.39. The Balaban J connectivity index is 1.82. The Morgan fingerprint density at radius 1 is 0.931 bits per heavy atom. The monoisotopic (exact) mass is 387 g/mol. The predicted molar refractivity (Wildman–Crippen MR) is 117 cm³/mol. The van der Waals surface area contributed by atoms with Crippen LogP contribution in [-0.2, 0) is 9.59 Å². The molecule has 0 fully saturated rings. The number of hydrogen-bond donors (Lipinski definition) is 0. The number of ketones is 1. The number of amides is 1. The van der Waals surface area contributed by atoms with Crippen molar-refractivity contribution in [3.05, 3.63) is 76.0 Å². The molecule has 0 bridgehead atoms. The van der Waals surface area contributed by atoms with Crippen molar-refractivity contribution >= 4 is 17.4 Å². The molecule has 29 heavy (non-hydrogen) atoms. The van der Waals surface area contributed by atoms with Gasteiger partial charge < -0.3 is 0 Å². The number of rotatable bonds is 3. The third-order valence-electron chi connectivity index (χ3n) is 6.15. The summed E-state index contributed by atoms with van der Waals surface area (Å²) < 4.78 is 0. The van der Waals surface area contributed by atoms with Gasteiger partial charge in [0.25, 0.3) is 0 Å². The molecular weight excluding hydrogens is 358 g/mol. The fourth-order valence-electron chi connectivity index (χ4n) is 4.77. The maximum Gasteiger partial charge on any atom is 0.232 e. The van der Waals surface area contributed by atoms with Crippen LogP contribution < -0.4 is 4.90 Å². The van der Waals surface area contributed by atoms with Gasteiger partial charge in [-0.3, -0.25) is 14.5 Å². The summed E-state index contributed by atoms with van der Waals surface area (Å²) in [6.45, 7) is 8.44. The molecule has 1 aliphatic heterocycles. The van der Waals surface area contributed by atoms with Gasteiger partial charge in [-0.15, -0.1) is 0 Å². The summed E-state index contributed by atoms with van der Waals surface area (Å²) in [5.41, 5.74) is 7.27. The lowest BCUT2D eigenvalue weighted by Crippen LogP contribution is -2.40. The molecule has 0 N–H and O–H groups in total. The van der Waals surface area contributed by atoms with Gasteiger partial charge in [0.15, 0.2) is 5.78 Å². The Kier molecular flexibility index (Phi) is 5.16. The third-order valence-corrected chi connectivity index (χ3v) is 6.15. The SMILES string of the molecule is Cc1cc(C)cc(N2C(=O)CC(c3ccc(C(C)C)cc3)C3=C2CCCC3=O)c1. The molecule has 3 heteroatoms. The smallest absolute Gasteiger partial charge is 0.232 e. The lowest BCUT2D eigenvalue weighted by molar-refractivity contribution is -0.119. The number of Topliss-reactive ketones (excluding diaryl/α,β-unsaturated/α-hetero) is 1. The van der Waals surface area contributed by atoms with Crippen molar-refractivity contribution in [2.75, 3.05) is 4.90 Å². The molecule has 1 aliphatic carbocycles. The maximum absolute atomic E-state index is 13.3. The number of carbonyl (C=O) groups is 2. The summed E-state index contributed by atoms with van der Waals surface area (Å²) in [6.07, 6.45) is 2.51. The molecule has 0 radical (unpaired) electrons. The maximum atomic E-state index is 13.3. The normalized spacial score (nSPS) is 19.8. The van der Waals surface area contributed by atoms with Gasteiger partial charge in [0.1, 0.15) is 0 Å². The Morgan fingerprint density at radius 2 is 1.59 bits per heavy atom. The van der Waals surface area contributed by atoms with Gasteiger partial charge in [0.05, 0.1) is 0 Å². The van der Waals surface area contributed by atoms with Gasteiger partial charge in [-0.1, -0.05) is 44.2 Å². The van der Waals surface area contributed by atoms with E-state index in [4.69, 9.17) is 0 Å². The second-order valence-corrected chi connectivity index (χ2v) is 8.79. The van der Waals surface area contributed by atoms with E-state index in [-0.39, 0.29) is 17.6 Å². The minimum atomic E-state index is -0.131. The standard InChI is InChI=1S/C26H29NO2/c1-16(2)19-8-10-20(11-9-19)22-15-25(29)27(21-13-17(3)12-18(4)14-21)23-6-5-7-24(28)26(22)23/h8-14,16,22H,5-7,15H2,1-4H3. The van der Waals surface area contributed by atoms with Crippen LogP contribution in [0.4, 0.5) is 5.69 Å². The summed E-state index contributed by atoms with van der Waals surface area (Å²) in [4.78, 5) is 28.2. The minimum Gasteiger partial charge on any atom is -0.294 e. The molecule has 3 nitrogen and oxygen atoms in total. The zero-order valence-electron chi connectivity index (χ0n) is 17.8. The Morgan fingerprint density at radius 3 is 2.21 bits per heavy atom. The topological polar surface area (TPSA) is 37.4 Å². The van der Waals surface area contributed by atoms with Crippen LogP contribution in [0.5, 0.6) is 0 Å². The van der Waals surface area contributed by atoms with Crippen molar-refractivity contribution in [3.63, 3.8) is 0 Å². The molecule has 0 saturated carbocycles. The number of nitrogens with zero attached hydrogens (tertiary/aromatic N) is 1. The molecule has 2 aromatic carbocycles. The summed E-state index contributed by atoms with van der Waals surface area (Å²) in [5, 5.41) is 0. The average molecular weight is 388 g/mol.